The van der Waals surface area contributed by atoms with Gasteiger partial charge in [-0.1, -0.05) is 6.07 Å². The number of hydrogen-bond donors (Lipinski definition) is 1. The molecule has 25 heavy (non-hydrogen) atoms. The fourth-order valence-corrected chi connectivity index (χ4v) is 3.29. The summed E-state index contributed by atoms with van der Waals surface area (Å²) in [6.07, 6.45) is 4.66. The minimum absolute atomic E-state index is 0.0550. The number of aryl methyl sites for hydroxylation is 1. The molecule has 0 aliphatic carbocycles. The van der Waals surface area contributed by atoms with Gasteiger partial charge in [-0.2, -0.15) is 0 Å². The zero-order chi connectivity index (χ0) is 17.6. The van der Waals surface area contributed by atoms with Crippen LogP contribution in [0.3, 0.4) is 0 Å². The molecular formula is C20H24FN3O. The zero-order valence-corrected chi connectivity index (χ0v) is 14.5. The van der Waals surface area contributed by atoms with Gasteiger partial charge in [-0.15, -0.1) is 0 Å². The van der Waals surface area contributed by atoms with E-state index < -0.39 is 0 Å². The fraction of sp³-hybridized carbons (Fsp3) is 0.400. The lowest BCUT2D eigenvalue weighted by Gasteiger charge is -2.31. The molecule has 2 aromatic rings. The predicted octanol–water partition coefficient (Wildman–Crippen LogP) is 3.31. The molecule has 1 aliphatic heterocycles. The summed E-state index contributed by atoms with van der Waals surface area (Å²) in [5, 5.41) is 3.39. The van der Waals surface area contributed by atoms with E-state index in [9.17, 15) is 9.18 Å². The molecule has 1 saturated heterocycles. The van der Waals surface area contributed by atoms with Gasteiger partial charge >= 0.3 is 0 Å². The highest BCUT2D eigenvalue weighted by Crippen LogP contribution is 2.20. The smallest absolute Gasteiger partial charge is 0.254 e. The molecule has 1 amide bonds. The Morgan fingerprint density at radius 3 is 2.92 bits per heavy atom. The van der Waals surface area contributed by atoms with Crippen LogP contribution in [0.5, 0.6) is 0 Å². The third-order valence-electron chi connectivity index (χ3n) is 4.71. The second-order valence-corrected chi connectivity index (χ2v) is 6.55. The number of hydrogen-bond acceptors (Lipinski definition) is 3. The summed E-state index contributed by atoms with van der Waals surface area (Å²) in [5.41, 5.74) is 1.89. The van der Waals surface area contributed by atoms with Crippen LogP contribution in [-0.4, -0.2) is 34.9 Å². The number of carbonyl (C=O) groups is 1. The number of carbonyl (C=O) groups excluding carboxylic acids is 1. The molecule has 4 nitrogen and oxygen atoms in total. The number of halogens is 1. The van der Waals surface area contributed by atoms with Crippen molar-refractivity contribution in [2.24, 2.45) is 0 Å². The number of nitrogens with one attached hydrogen (secondary N) is 1. The van der Waals surface area contributed by atoms with Gasteiger partial charge < -0.3 is 10.2 Å². The monoisotopic (exact) mass is 341 g/mol. The van der Waals surface area contributed by atoms with Crippen LogP contribution in [0.4, 0.5) is 4.39 Å². The van der Waals surface area contributed by atoms with Crippen LogP contribution in [0.2, 0.25) is 0 Å². The second-order valence-electron chi connectivity index (χ2n) is 6.55. The summed E-state index contributed by atoms with van der Waals surface area (Å²) in [7, 11) is 0. The van der Waals surface area contributed by atoms with Crippen LogP contribution in [0.25, 0.3) is 0 Å². The van der Waals surface area contributed by atoms with Crippen molar-refractivity contribution in [3.63, 3.8) is 0 Å². The molecule has 132 valence electrons. The SMILES string of the molecule is Cc1cc(C(=O)N(Cc2ccccn2)C2CCCNCC2)ccc1F. The van der Waals surface area contributed by atoms with E-state index in [2.05, 4.69) is 10.3 Å². The third kappa shape index (κ3) is 4.42. The fourth-order valence-electron chi connectivity index (χ4n) is 3.29. The van der Waals surface area contributed by atoms with Crippen molar-refractivity contribution in [2.45, 2.75) is 38.8 Å². The van der Waals surface area contributed by atoms with Crippen LogP contribution in [0, 0.1) is 12.7 Å². The van der Waals surface area contributed by atoms with Gasteiger partial charge in [-0.3, -0.25) is 9.78 Å². The second kappa shape index (κ2) is 8.21. The molecule has 3 rings (SSSR count). The molecule has 1 N–H and O–H groups in total. The topological polar surface area (TPSA) is 45.2 Å². The highest BCUT2D eigenvalue weighted by Gasteiger charge is 2.26. The van der Waals surface area contributed by atoms with Gasteiger partial charge in [0.15, 0.2) is 0 Å². The lowest BCUT2D eigenvalue weighted by atomic mass is 10.0. The molecule has 1 atom stereocenters. The van der Waals surface area contributed by atoms with Gasteiger partial charge in [0.05, 0.1) is 12.2 Å². The van der Waals surface area contributed by atoms with E-state index in [1.165, 1.54) is 6.07 Å². The average Bonchev–Trinajstić information content (AvgIpc) is 2.91. The highest BCUT2D eigenvalue weighted by atomic mass is 19.1. The summed E-state index contributed by atoms with van der Waals surface area (Å²) >= 11 is 0. The maximum Gasteiger partial charge on any atom is 0.254 e. The quantitative estimate of drug-likeness (QED) is 0.928. The molecule has 0 radical (unpaired) electrons. The van der Waals surface area contributed by atoms with Gasteiger partial charge in [0.25, 0.3) is 5.91 Å². The third-order valence-corrected chi connectivity index (χ3v) is 4.71. The number of pyridine rings is 1. The van der Waals surface area contributed by atoms with E-state index >= 15 is 0 Å². The van der Waals surface area contributed by atoms with Crippen molar-refractivity contribution in [3.05, 3.63) is 65.2 Å². The number of rotatable bonds is 4. The average molecular weight is 341 g/mol. The minimum Gasteiger partial charge on any atom is -0.330 e. The van der Waals surface area contributed by atoms with Crippen molar-refractivity contribution in [2.75, 3.05) is 13.1 Å². The molecule has 0 saturated carbocycles. The number of aromatic nitrogens is 1. The van der Waals surface area contributed by atoms with E-state index in [4.69, 9.17) is 0 Å². The van der Waals surface area contributed by atoms with Gasteiger partial charge in [0.2, 0.25) is 0 Å². The van der Waals surface area contributed by atoms with Crippen LogP contribution >= 0.6 is 0 Å². The molecule has 1 aliphatic rings. The standard InChI is InChI=1S/C20H24FN3O/c1-15-13-16(7-8-19(15)21)20(25)24(14-17-5-2-3-11-23-17)18-6-4-10-22-12-9-18/h2-3,5,7-8,11,13,18,22H,4,6,9-10,12,14H2,1H3. The summed E-state index contributed by atoms with van der Waals surface area (Å²) < 4.78 is 13.6. The van der Waals surface area contributed by atoms with Crippen LogP contribution < -0.4 is 5.32 Å². The van der Waals surface area contributed by atoms with Gasteiger partial charge in [-0.05, 0) is 75.2 Å². The summed E-state index contributed by atoms with van der Waals surface area (Å²) in [6.45, 7) is 4.04. The Labute approximate surface area is 148 Å². The van der Waals surface area contributed by atoms with Gasteiger partial charge in [0.1, 0.15) is 5.82 Å². The van der Waals surface area contributed by atoms with Gasteiger partial charge in [-0.25, -0.2) is 4.39 Å². The normalized spacial score (nSPS) is 17.8. The molecule has 0 spiro atoms. The maximum absolute atomic E-state index is 13.6. The van der Waals surface area contributed by atoms with Crippen molar-refractivity contribution in [1.29, 1.82) is 0 Å². The highest BCUT2D eigenvalue weighted by molar-refractivity contribution is 5.94. The van der Waals surface area contributed by atoms with Crippen molar-refractivity contribution < 1.29 is 9.18 Å². The molecule has 0 bridgehead atoms. The Kier molecular flexibility index (Phi) is 5.76. The van der Waals surface area contributed by atoms with E-state index in [0.29, 0.717) is 17.7 Å². The van der Waals surface area contributed by atoms with Gasteiger partial charge in [0, 0.05) is 17.8 Å². The Morgan fingerprint density at radius 2 is 2.16 bits per heavy atom. The first-order chi connectivity index (χ1) is 12.1. The molecule has 1 fully saturated rings. The molecule has 1 aromatic heterocycles. The van der Waals surface area contributed by atoms with Crippen molar-refractivity contribution in [1.82, 2.24) is 15.2 Å². The Hall–Kier alpha value is -2.27. The maximum atomic E-state index is 13.6. The molecule has 2 heterocycles. The zero-order valence-electron chi connectivity index (χ0n) is 14.5. The minimum atomic E-state index is -0.286. The van der Waals surface area contributed by atoms with E-state index in [1.807, 2.05) is 23.1 Å². The first-order valence-electron chi connectivity index (χ1n) is 8.83. The number of amides is 1. The number of nitrogens with zero attached hydrogens (tertiary/aromatic N) is 2. The molecule has 1 aromatic carbocycles. The first kappa shape index (κ1) is 17.5. The molecule has 1 unspecified atom stereocenters. The Balaban J connectivity index is 1.88. The first-order valence-corrected chi connectivity index (χ1v) is 8.83. The Bertz CT molecular complexity index is 712. The van der Waals surface area contributed by atoms with Crippen LogP contribution in [0.15, 0.2) is 42.6 Å². The Morgan fingerprint density at radius 1 is 1.28 bits per heavy atom. The van der Waals surface area contributed by atoms with E-state index in [0.717, 1.165) is 38.0 Å². The predicted molar refractivity (Wildman–Crippen MR) is 95.8 cm³/mol. The summed E-state index contributed by atoms with van der Waals surface area (Å²) in [6, 6.07) is 10.5. The van der Waals surface area contributed by atoms with Crippen molar-refractivity contribution in [3.8, 4) is 0 Å². The summed E-state index contributed by atoms with van der Waals surface area (Å²) in [5.74, 6) is -0.341. The lowest BCUT2D eigenvalue weighted by Crippen LogP contribution is -2.40. The summed E-state index contributed by atoms with van der Waals surface area (Å²) in [4.78, 5) is 19.5. The van der Waals surface area contributed by atoms with Crippen LogP contribution in [-0.2, 0) is 6.54 Å². The van der Waals surface area contributed by atoms with E-state index in [-0.39, 0.29) is 17.8 Å². The largest absolute Gasteiger partial charge is 0.330 e. The van der Waals surface area contributed by atoms with Crippen LogP contribution in [0.1, 0.15) is 40.9 Å². The molecular weight excluding hydrogens is 317 g/mol. The number of benzene rings is 1. The van der Waals surface area contributed by atoms with Crippen molar-refractivity contribution >= 4 is 5.91 Å². The molecule has 5 heteroatoms. The van der Waals surface area contributed by atoms with E-state index in [1.54, 1.807) is 25.3 Å². The lowest BCUT2D eigenvalue weighted by molar-refractivity contribution is 0.0642.